The van der Waals surface area contributed by atoms with E-state index in [0.29, 0.717) is 24.7 Å². The van der Waals surface area contributed by atoms with E-state index in [-0.39, 0.29) is 10.6 Å². The molecule has 5 nitrogen and oxygen atoms in total. The third-order valence-corrected chi connectivity index (χ3v) is 4.50. The van der Waals surface area contributed by atoms with E-state index in [1.54, 1.807) is 13.0 Å². The molecule has 0 bridgehead atoms. The molecule has 0 spiro atoms. The molecule has 0 fully saturated rings. The quantitative estimate of drug-likeness (QED) is 0.886. The van der Waals surface area contributed by atoms with Gasteiger partial charge in [0.1, 0.15) is 0 Å². The van der Waals surface area contributed by atoms with Crippen LogP contribution in [0.3, 0.4) is 0 Å². The van der Waals surface area contributed by atoms with Gasteiger partial charge >= 0.3 is 0 Å². The molecule has 100 valence electrons. The highest BCUT2D eigenvalue weighted by Gasteiger charge is 2.20. The largest absolute Gasteiger partial charge is 0.490 e. The van der Waals surface area contributed by atoms with Crippen molar-refractivity contribution in [2.75, 3.05) is 19.0 Å². The Kier molecular flexibility index (Phi) is 3.77. The van der Waals surface area contributed by atoms with Gasteiger partial charge in [-0.2, -0.15) is 0 Å². The SMILES string of the molecule is CC(N)CS(=O)(=O)c1ccc2c(c1)OCCCO2. The summed E-state index contributed by atoms with van der Waals surface area (Å²) in [6.07, 6.45) is 0.788. The van der Waals surface area contributed by atoms with Crippen LogP contribution >= 0.6 is 0 Å². The van der Waals surface area contributed by atoms with E-state index in [2.05, 4.69) is 0 Å². The Hall–Kier alpha value is -1.27. The van der Waals surface area contributed by atoms with Gasteiger partial charge in [0, 0.05) is 18.5 Å². The Morgan fingerprint density at radius 3 is 2.61 bits per heavy atom. The summed E-state index contributed by atoms with van der Waals surface area (Å²) in [7, 11) is -3.37. The van der Waals surface area contributed by atoms with Crippen LogP contribution in [0.15, 0.2) is 23.1 Å². The minimum atomic E-state index is -3.37. The van der Waals surface area contributed by atoms with Crippen LogP contribution in [0.5, 0.6) is 11.5 Å². The molecule has 2 N–H and O–H groups in total. The summed E-state index contributed by atoms with van der Waals surface area (Å²) in [5.74, 6) is 0.998. The Balaban J connectivity index is 2.33. The minimum absolute atomic E-state index is 0.0767. The lowest BCUT2D eigenvalue weighted by molar-refractivity contribution is 0.297. The maximum absolute atomic E-state index is 12.0. The van der Waals surface area contributed by atoms with Crippen molar-refractivity contribution in [2.24, 2.45) is 5.73 Å². The minimum Gasteiger partial charge on any atom is -0.490 e. The molecule has 1 unspecified atom stereocenters. The second-order valence-corrected chi connectivity index (χ2v) is 6.45. The first-order chi connectivity index (χ1) is 8.49. The van der Waals surface area contributed by atoms with Gasteiger partial charge in [-0.05, 0) is 19.1 Å². The molecule has 1 aromatic carbocycles. The van der Waals surface area contributed by atoms with Crippen LogP contribution in [-0.2, 0) is 9.84 Å². The van der Waals surface area contributed by atoms with Crippen molar-refractivity contribution in [3.63, 3.8) is 0 Å². The molecular formula is C12H17NO4S. The van der Waals surface area contributed by atoms with E-state index in [4.69, 9.17) is 15.2 Å². The molecule has 1 aliphatic heterocycles. The van der Waals surface area contributed by atoms with E-state index in [1.165, 1.54) is 12.1 Å². The Labute approximate surface area is 107 Å². The second-order valence-electron chi connectivity index (χ2n) is 4.42. The van der Waals surface area contributed by atoms with E-state index in [1.807, 2.05) is 0 Å². The van der Waals surface area contributed by atoms with Gasteiger partial charge in [-0.15, -0.1) is 0 Å². The van der Waals surface area contributed by atoms with E-state index in [9.17, 15) is 8.42 Å². The first-order valence-electron chi connectivity index (χ1n) is 5.87. The summed E-state index contributed by atoms with van der Waals surface area (Å²) in [5.41, 5.74) is 5.54. The molecule has 1 aliphatic rings. The third-order valence-electron chi connectivity index (χ3n) is 2.56. The Morgan fingerprint density at radius 2 is 1.94 bits per heavy atom. The molecule has 0 saturated carbocycles. The molecule has 1 aromatic rings. The number of rotatable bonds is 3. The van der Waals surface area contributed by atoms with Crippen LogP contribution in [0.25, 0.3) is 0 Å². The molecule has 0 radical (unpaired) electrons. The first-order valence-corrected chi connectivity index (χ1v) is 7.52. The lowest BCUT2D eigenvalue weighted by Gasteiger charge is -2.11. The summed E-state index contributed by atoms with van der Waals surface area (Å²) in [6.45, 7) is 2.78. The topological polar surface area (TPSA) is 78.6 Å². The molecule has 0 aliphatic carbocycles. The zero-order valence-corrected chi connectivity index (χ0v) is 11.1. The van der Waals surface area contributed by atoms with Crippen molar-refractivity contribution >= 4 is 9.84 Å². The van der Waals surface area contributed by atoms with Gasteiger partial charge in [0.05, 0.1) is 23.9 Å². The summed E-state index contributed by atoms with van der Waals surface area (Å²) in [4.78, 5) is 0.226. The van der Waals surface area contributed by atoms with Crippen molar-refractivity contribution in [3.05, 3.63) is 18.2 Å². The average Bonchev–Trinajstić information content (AvgIpc) is 2.51. The summed E-state index contributed by atoms with van der Waals surface area (Å²) in [5, 5.41) is 0. The van der Waals surface area contributed by atoms with E-state index >= 15 is 0 Å². The summed E-state index contributed by atoms with van der Waals surface area (Å²) < 4.78 is 35.0. The molecule has 2 rings (SSSR count). The highest BCUT2D eigenvalue weighted by atomic mass is 32.2. The molecule has 6 heteroatoms. The highest BCUT2D eigenvalue weighted by Crippen LogP contribution is 2.32. The number of nitrogens with two attached hydrogens (primary N) is 1. The number of sulfone groups is 1. The van der Waals surface area contributed by atoms with Crippen LogP contribution < -0.4 is 15.2 Å². The maximum atomic E-state index is 12.0. The van der Waals surface area contributed by atoms with Gasteiger partial charge in [-0.1, -0.05) is 0 Å². The molecular weight excluding hydrogens is 254 g/mol. The molecule has 1 atom stereocenters. The number of hydrogen-bond donors (Lipinski definition) is 1. The predicted molar refractivity (Wildman–Crippen MR) is 67.8 cm³/mol. The van der Waals surface area contributed by atoms with E-state index in [0.717, 1.165) is 6.42 Å². The third kappa shape index (κ3) is 2.94. The number of fused-ring (bicyclic) bond motifs is 1. The second kappa shape index (κ2) is 5.16. The molecule has 0 amide bonds. The van der Waals surface area contributed by atoms with Crippen LogP contribution in [0.2, 0.25) is 0 Å². The summed E-state index contributed by atoms with van der Waals surface area (Å²) in [6, 6.07) is 4.28. The Morgan fingerprint density at radius 1 is 1.28 bits per heavy atom. The van der Waals surface area contributed by atoms with Gasteiger partial charge in [-0.25, -0.2) is 8.42 Å². The van der Waals surface area contributed by atoms with Crippen molar-refractivity contribution < 1.29 is 17.9 Å². The maximum Gasteiger partial charge on any atom is 0.180 e. The lowest BCUT2D eigenvalue weighted by atomic mass is 10.3. The van der Waals surface area contributed by atoms with Crippen LogP contribution in [-0.4, -0.2) is 33.4 Å². The van der Waals surface area contributed by atoms with Gasteiger partial charge in [0.2, 0.25) is 0 Å². The fraction of sp³-hybridized carbons (Fsp3) is 0.500. The monoisotopic (exact) mass is 271 g/mol. The van der Waals surface area contributed by atoms with Gasteiger partial charge in [-0.3, -0.25) is 0 Å². The predicted octanol–water partition coefficient (Wildman–Crippen LogP) is 0.969. The number of benzene rings is 1. The van der Waals surface area contributed by atoms with Gasteiger partial charge in [0.25, 0.3) is 0 Å². The molecule has 0 saturated heterocycles. The highest BCUT2D eigenvalue weighted by molar-refractivity contribution is 7.91. The van der Waals surface area contributed by atoms with E-state index < -0.39 is 15.9 Å². The van der Waals surface area contributed by atoms with Crippen molar-refractivity contribution in [1.82, 2.24) is 0 Å². The zero-order valence-electron chi connectivity index (χ0n) is 10.3. The fourth-order valence-electron chi connectivity index (χ4n) is 1.78. The Bertz CT molecular complexity index is 525. The molecule has 1 heterocycles. The number of ether oxygens (including phenoxy) is 2. The zero-order chi connectivity index (χ0) is 13.2. The van der Waals surface area contributed by atoms with Crippen molar-refractivity contribution in [2.45, 2.75) is 24.3 Å². The smallest absolute Gasteiger partial charge is 0.180 e. The van der Waals surface area contributed by atoms with Crippen molar-refractivity contribution in [1.29, 1.82) is 0 Å². The normalized spacial score (nSPS) is 17.0. The van der Waals surface area contributed by atoms with Crippen LogP contribution in [0.1, 0.15) is 13.3 Å². The summed E-state index contributed by atoms with van der Waals surface area (Å²) >= 11 is 0. The molecule has 18 heavy (non-hydrogen) atoms. The lowest BCUT2D eigenvalue weighted by Crippen LogP contribution is -2.26. The van der Waals surface area contributed by atoms with Gasteiger partial charge < -0.3 is 15.2 Å². The van der Waals surface area contributed by atoms with Crippen molar-refractivity contribution in [3.8, 4) is 11.5 Å². The fourth-order valence-corrected chi connectivity index (χ4v) is 3.23. The molecule has 0 aromatic heterocycles. The average molecular weight is 271 g/mol. The van der Waals surface area contributed by atoms with Gasteiger partial charge in [0.15, 0.2) is 21.3 Å². The standard InChI is InChI=1S/C12H17NO4S/c1-9(13)8-18(14,15)10-3-4-11-12(7-10)17-6-2-5-16-11/h3-4,7,9H,2,5-6,8,13H2,1H3. The first kappa shape index (κ1) is 13.2. The number of hydrogen-bond acceptors (Lipinski definition) is 5. The van der Waals surface area contributed by atoms with Crippen LogP contribution in [0.4, 0.5) is 0 Å². The van der Waals surface area contributed by atoms with Crippen LogP contribution in [0, 0.1) is 0 Å².